The Labute approximate surface area is 210 Å². The molecule has 1 aliphatic rings. The lowest BCUT2D eigenvalue weighted by Gasteiger charge is -2.42. The molecule has 2 atom stereocenters. The molecule has 0 N–H and O–H groups in total. The molecule has 1 aromatic rings. The fraction of sp³-hybridized carbons (Fsp3) is 0.750. The number of methoxy groups -OCH3 is 1. The van der Waals surface area contributed by atoms with E-state index in [0.29, 0.717) is 0 Å². The summed E-state index contributed by atoms with van der Waals surface area (Å²) in [5, 5.41) is -0.623. The Kier molecular flexibility index (Phi) is 8.47. The number of rotatable bonds is 6. The maximum absolute atomic E-state index is 16.1. The smallest absolute Gasteiger partial charge is 0.410 e. The Hall–Kier alpha value is -1.95. The number of amides is 1. The topological polar surface area (TPSA) is 60.9 Å². The van der Waals surface area contributed by atoms with E-state index in [1.807, 2.05) is 0 Å². The van der Waals surface area contributed by atoms with E-state index in [9.17, 15) is 13.6 Å². The first-order valence-corrected chi connectivity index (χ1v) is 14.6. The molecule has 0 aromatic carbocycles. The summed E-state index contributed by atoms with van der Waals surface area (Å²) in [6.45, 7) is 12.7. The number of hydrogen-bond acceptors (Lipinski definition) is 5. The van der Waals surface area contributed by atoms with Gasteiger partial charge in [-0.05, 0) is 50.5 Å². The number of carbonyl (C=O) groups is 1. The lowest BCUT2D eigenvalue weighted by molar-refractivity contribution is -0.183. The largest absolute Gasteiger partial charge is 0.481 e. The van der Waals surface area contributed by atoms with Crippen LogP contribution in [0.5, 0.6) is 5.88 Å². The summed E-state index contributed by atoms with van der Waals surface area (Å²) in [6.07, 6.45) is -4.09. The molecule has 0 aliphatic carbocycles. The van der Waals surface area contributed by atoms with Gasteiger partial charge in [-0.3, -0.25) is 0 Å². The maximum Gasteiger partial charge on any atom is 0.410 e. The highest BCUT2D eigenvalue weighted by molar-refractivity contribution is 6.74. The van der Waals surface area contributed by atoms with E-state index >= 15 is 13.2 Å². The van der Waals surface area contributed by atoms with Gasteiger partial charge in [-0.25, -0.2) is 31.7 Å². The molecule has 206 valence electrons. The molecule has 2 heterocycles. The van der Waals surface area contributed by atoms with Gasteiger partial charge < -0.3 is 18.8 Å². The minimum absolute atomic E-state index is 0.217. The summed E-state index contributed by atoms with van der Waals surface area (Å²) in [5.41, 5.74) is -1.83. The fourth-order valence-electron chi connectivity index (χ4n) is 3.55. The van der Waals surface area contributed by atoms with Gasteiger partial charge in [-0.1, -0.05) is 20.8 Å². The highest BCUT2D eigenvalue weighted by Crippen LogP contribution is 2.48. The number of nitrogens with zero attached hydrogens (tertiary/aromatic N) is 2. The third-order valence-corrected chi connectivity index (χ3v) is 11.0. The molecule has 2 rings (SSSR count). The number of piperidine rings is 1. The number of alkyl halides is 5. The molecule has 6 nitrogen and oxygen atoms in total. The number of pyridine rings is 1. The van der Waals surface area contributed by atoms with E-state index < -0.39 is 73.6 Å². The van der Waals surface area contributed by atoms with Crippen LogP contribution >= 0.6 is 0 Å². The van der Waals surface area contributed by atoms with Gasteiger partial charge in [0.2, 0.25) is 5.88 Å². The van der Waals surface area contributed by atoms with E-state index in [2.05, 4.69) is 4.98 Å². The van der Waals surface area contributed by atoms with Crippen LogP contribution in [-0.2, 0) is 15.0 Å². The molecule has 12 heteroatoms. The second-order valence-corrected chi connectivity index (χ2v) is 16.3. The summed E-state index contributed by atoms with van der Waals surface area (Å²) in [4.78, 5) is 17.5. The van der Waals surface area contributed by atoms with Crippen molar-refractivity contribution in [3.8, 4) is 5.88 Å². The average Bonchev–Trinajstić information content (AvgIpc) is 2.70. The first-order chi connectivity index (χ1) is 16.1. The van der Waals surface area contributed by atoms with Crippen LogP contribution in [0.3, 0.4) is 0 Å². The number of likely N-dealkylation sites (tertiary alicyclic amines) is 1. The highest BCUT2D eigenvalue weighted by atomic mass is 28.4. The van der Waals surface area contributed by atoms with Gasteiger partial charge in [0, 0.05) is 25.7 Å². The number of aromatic nitrogens is 1. The highest BCUT2D eigenvalue weighted by Gasteiger charge is 2.54. The van der Waals surface area contributed by atoms with Crippen LogP contribution in [0.2, 0.25) is 18.1 Å². The van der Waals surface area contributed by atoms with Gasteiger partial charge in [0.25, 0.3) is 18.2 Å². The molecule has 0 bridgehead atoms. The van der Waals surface area contributed by atoms with Crippen LogP contribution in [-0.4, -0.2) is 62.4 Å². The van der Waals surface area contributed by atoms with Gasteiger partial charge in [0.1, 0.15) is 5.60 Å². The summed E-state index contributed by atoms with van der Waals surface area (Å²) in [5.74, 6) is -9.09. The van der Waals surface area contributed by atoms with Crippen molar-refractivity contribution < 1.29 is 40.6 Å². The van der Waals surface area contributed by atoms with E-state index in [-0.39, 0.29) is 12.1 Å². The zero-order chi connectivity index (χ0) is 27.9. The number of ether oxygens (including phenoxy) is 2. The zero-order valence-corrected chi connectivity index (χ0v) is 23.3. The van der Waals surface area contributed by atoms with Crippen molar-refractivity contribution in [3.63, 3.8) is 0 Å². The van der Waals surface area contributed by atoms with Crippen LogP contribution < -0.4 is 4.74 Å². The van der Waals surface area contributed by atoms with Gasteiger partial charge >= 0.3 is 6.09 Å². The van der Waals surface area contributed by atoms with Gasteiger partial charge in [-0.2, -0.15) is 0 Å². The first-order valence-electron chi connectivity index (χ1n) is 11.7. The molecule has 1 aromatic heterocycles. The standard InChI is InChI=1S/C24H37F5N2O4Si/c1-21(2,3)34-20(32)31-11-10-23(27,28)17(14-31)15-12-16(18(33-7)30-13-15)24(29,19(25)26)35-36(8,9)22(4,5)6/h12-13,17,19H,10-11,14H2,1-9H3. The lowest BCUT2D eigenvalue weighted by Crippen LogP contribution is -2.50. The Morgan fingerprint density at radius 3 is 2.25 bits per heavy atom. The number of carbonyl (C=O) groups excluding carboxylic acids is 1. The summed E-state index contributed by atoms with van der Waals surface area (Å²) in [7, 11) is -2.00. The third kappa shape index (κ3) is 6.48. The van der Waals surface area contributed by atoms with E-state index in [1.54, 1.807) is 54.6 Å². The molecule has 1 amide bonds. The molecule has 0 spiro atoms. The Balaban J connectivity index is 2.56. The van der Waals surface area contributed by atoms with Crippen LogP contribution in [0.1, 0.15) is 65.0 Å². The Bertz CT molecular complexity index is 949. The molecule has 1 saturated heterocycles. The molecular formula is C24H37F5N2O4Si. The Morgan fingerprint density at radius 1 is 1.19 bits per heavy atom. The van der Waals surface area contributed by atoms with Crippen molar-refractivity contribution in [2.24, 2.45) is 0 Å². The number of halogens is 5. The summed E-state index contributed by atoms with van der Waals surface area (Å²) in [6, 6.07) is 0.891. The minimum Gasteiger partial charge on any atom is -0.481 e. The Morgan fingerprint density at radius 2 is 1.78 bits per heavy atom. The normalized spacial score (nSPS) is 20.8. The van der Waals surface area contributed by atoms with Crippen molar-refractivity contribution in [3.05, 3.63) is 23.4 Å². The van der Waals surface area contributed by atoms with Crippen molar-refractivity contribution in [2.75, 3.05) is 20.2 Å². The third-order valence-electron chi connectivity index (χ3n) is 6.61. The molecule has 1 fully saturated rings. The van der Waals surface area contributed by atoms with Crippen molar-refractivity contribution in [1.82, 2.24) is 9.88 Å². The van der Waals surface area contributed by atoms with E-state index in [1.165, 1.54) is 0 Å². The minimum atomic E-state index is -3.65. The lowest BCUT2D eigenvalue weighted by atomic mass is 9.87. The van der Waals surface area contributed by atoms with Crippen molar-refractivity contribution in [2.45, 2.75) is 95.8 Å². The molecule has 2 unspecified atom stereocenters. The molecule has 36 heavy (non-hydrogen) atoms. The quantitative estimate of drug-likeness (QED) is 0.291. The molecule has 0 saturated carbocycles. The molecule has 1 aliphatic heterocycles. The van der Waals surface area contributed by atoms with Crippen LogP contribution in [0, 0.1) is 0 Å². The van der Waals surface area contributed by atoms with Gasteiger partial charge in [0.05, 0.1) is 18.6 Å². The van der Waals surface area contributed by atoms with Crippen LogP contribution in [0.15, 0.2) is 12.3 Å². The predicted octanol–water partition coefficient (Wildman–Crippen LogP) is 6.86. The average molecular weight is 541 g/mol. The summed E-state index contributed by atoms with van der Waals surface area (Å²) >= 11 is 0. The predicted molar refractivity (Wildman–Crippen MR) is 128 cm³/mol. The second-order valence-electron chi connectivity index (χ2n) is 11.6. The SMILES string of the molecule is COc1ncc(C2CN(C(=O)OC(C)(C)C)CCC2(F)F)cc1C(F)(O[Si](C)(C)C(C)(C)C)C(F)F. The summed E-state index contributed by atoms with van der Waals surface area (Å²) < 4.78 is 90.6. The van der Waals surface area contributed by atoms with Gasteiger partial charge in [0.15, 0.2) is 8.32 Å². The van der Waals surface area contributed by atoms with Crippen molar-refractivity contribution in [1.29, 1.82) is 0 Å². The monoisotopic (exact) mass is 540 g/mol. The van der Waals surface area contributed by atoms with Crippen molar-refractivity contribution >= 4 is 14.4 Å². The zero-order valence-electron chi connectivity index (χ0n) is 22.3. The number of hydrogen-bond donors (Lipinski definition) is 0. The maximum atomic E-state index is 16.1. The van der Waals surface area contributed by atoms with Crippen LogP contribution in [0.25, 0.3) is 0 Å². The molecular weight excluding hydrogens is 503 g/mol. The van der Waals surface area contributed by atoms with Gasteiger partial charge in [-0.15, -0.1) is 0 Å². The van der Waals surface area contributed by atoms with E-state index in [4.69, 9.17) is 13.9 Å². The second kappa shape index (κ2) is 10.1. The van der Waals surface area contributed by atoms with Crippen LogP contribution in [0.4, 0.5) is 26.7 Å². The first kappa shape index (κ1) is 30.3. The fourth-order valence-corrected chi connectivity index (χ4v) is 4.80. The van der Waals surface area contributed by atoms with E-state index in [0.717, 1.165) is 24.3 Å². The molecule has 0 radical (unpaired) electrons.